The second-order valence-electron chi connectivity index (χ2n) is 8.42. The number of nitrogens with one attached hydrogen (secondary N) is 1. The molecular formula is C16H25N5O15P2. The molecule has 0 aromatic carbocycles. The van der Waals surface area contributed by atoms with Gasteiger partial charge in [0.15, 0.2) is 23.7 Å². The predicted molar refractivity (Wildman–Crippen MR) is 119 cm³/mol. The Morgan fingerprint density at radius 3 is 2.42 bits per heavy atom. The monoisotopic (exact) mass is 589 g/mol. The number of imidazole rings is 1. The van der Waals surface area contributed by atoms with Gasteiger partial charge in [0.05, 0.1) is 19.0 Å². The molecule has 11 atom stereocenters. The second-order valence-corrected chi connectivity index (χ2v) is 11.4. The lowest BCUT2D eigenvalue weighted by molar-refractivity contribution is -0.271. The predicted octanol–water partition coefficient (Wildman–Crippen LogP) is -3.60. The summed E-state index contributed by atoms with van der Waals surface area (Å²) in [7, 11) is -10.9. The molecule has 0 bridgehead atoms. The molecule has 214 valence electrons. The van der Waals surface area contributed by atoms with Gasteiger partial charge in [-0.3, -0.25) is 23.4 Å². The summed E-state index contributed by atoms with van der Waals surface area (Å²) in [5, 5.41) is 50.0. The van der Waals surface area contributed by atoms with Crippen molar-refractivity contribution < 1.29 is 67.3 Å². The number of ether oxygens (including phenoxy) is 2. The first-order valence-electron chi connectivity index (χ1n) is 10.7. The van der Waals surface area contributed by atoms with Crippen LogP contribution in [0.15, 0.2) is 11.1 Å². The first-order chi connectivity index (χ1) is 17.6. The van der Waals surface area contributed by atoms with Gasteiger partial charge in [-0.2, -0.15) is 9.29 Å². The summed E-state index contributed by atoms with van der Waals surface area (Å²) in [6.45, 7) is 0.291. The zero-order valence-corrected chi connectivity index (χ0v) is 21.0. The van der Waals surface area contributed by atoms with E-state index in [1.807, 2.05) is 0 Å². The van der Waals surface area contributed by atoms with Gasteiger partial charge >= 0.3 is 15.6 Å². The molecule has 2 aromatic heterocycles. The zero-order chi connectivity index (χ0) is 28.2. The van der Waals surface area contributed by atoms with Crippen LogP contribution in [0.3, 0.4) is 0 Å². The standard InChI is InChI=1S/C16H25N5O15P2/c1-4-7(22)9(24)11(26)15(33-4)35-38(30,31)36-37(28,29)32-2-5-8(23)10(25)14(34-5)21-3-18-6-12(21)19-16(17)20-13(6)27/h3-5,7-11,14-15,22-26H,2H2,1H3,(H,28,29)(H,30,31)(H3,17,19,20,27)/t4-,5+,7+,8+,9+,10+,11-,14+,15?/m0/s1. The molecular weight excluding hydrogens is 564 g/mol. The second kappa shape index (κ2) is 10.6. The highest BCUT2D eigenvalue weighted by molar-refractivity contribution is 7.61. The summed E-state index contributed by atoms with van der Waals surface area (Å²) in [6.07, 6.45) is -13.8. The number of hydrogen-bond donors (Lipinski definition) is 9. The average Bonchev–Trinajstić information content (AvgIpc) is 3.35. The number of fused-ring (bicyclic) bond motifs is 1. The molecule has 22 heteroatoms. The fraction of sp³-hybridized carbons (Fsp3) is 0.688. The number of aromatic amines is 1. The molecule has 4 rings (SSSR count). The van der Waals surface area contributed by atoms with Crippen LogP contribution < -0.4 is 11.3 Å². The van der Waals surface area contributed by atoms with E-state index in [2.05, 4.69) is 28.3 Å². The zero-order valence-electron chi connectivity index (χ0n) is 19.2. The number of nitrogens with two attached hydrogens (primary N) is 1. The minimum Gasteiger partial charge on any atom is -0.388 e. The van der Waals surface area contributed by atoms with Crippen molar-refractivity contribution >= 4 is 32.8 Å². The maximum absolute atomic E-state index is 12.3. The van der Waals surface area contributed by atoms with Crippen LogP contribution in [0.4, 0.5) is 5.95 Å². The largest absolute Gasteiger partial charge is 0.483 e. The number of phosphoric ester groups is 2. The van der Waals surface area contributed by atoms with E-state index in [1.54, 1.807) is 0 Å². The highest BCUT2D eigenvalue weighted by Crippen LogP contribution is 2.61. The Morgan fingerprint density at radius 1 is 1.05 bits per heavy atom. The fourth-order valence-electron chi connectivity index (χ4n) is 3.80. The van der Waals surface area contributed by atoms with E-state index in [0.29, 0.717) is 0 Å². The molecule has 10 N–H and O–H groups in total. The molecule has 3 unspecified atom stereocenters. The lowest BCUT2D eigenvalue weighted by Crippen LogP contribution is -2.57. The molecule has 2 aromatic rings. The van der Waals surface area contributed by atoms with E-state index in [1.165, 1.54) is 6.92 Å². The van der Waals surface area contributed by atoms with Crippen molar-refractivity contribution in [2.45, 2.75) is 62.2 Å². The summed E-state index contributed by atoms with van der Waals surface area (Å²) in [6, 6.07) is 0. The van der Waals surface area contributed by atoms with E-state index in [0.717, 1.165) is 10.9 Å². The Bertz CT molecular complexity index is 1320. The number of rotatable bonds is 8. The number of H-pyrrole nitrogens is 1. The van der Waals surface area contributed by atoms with Gasteiger partial charge in [0.25, 0.3) is 5.56 Å². The van der Waals surface area contributed by atoms with Gasteiger partial charge in [0.1, 0.15) is 36.6 Å². The van der Waals surface area contributed by atoms with Crippen LogP contribution in [0.25, 0.3) is 11.2 Å². The molecule has 0 aliphatic carbocycles. The lowest BCUT2D eigenvalue weighted by Gasteiger charge is -2.38. The van der Waals surface area contributed by atoms with E-state index < -0.39 is 83.1 Å². The number of aliphatic hydroxyl groups excluding tert-OH is 5. The summed E-state index contributed by atoms with van der Waals surface area (Å²) in [4.78, 5) is 41.7. The van der Waals surface area contributed by atoms with E-state index in [-0.39, 0.29) is 17.1 Å². The van der Waals surface area contributed by atoms with Crippen LogP contribution in [0.5, 0.6) is 0 Å². The molecule has 0 spiro atoms. The minimum atomic E-state index is -5.50. The van der Waals surface area contributed by atoms with Crippen LogP contribution in [-0.2, 0) is 32.0 Å². The first-order valence-corrected chi connectivity index (χ1v) is 13.7. The molecule has 2 fully saturated rings. The third kappa shape index (κ3) is 5.83. The molecule has 0 amide bonds. The van der Waals surface area contributed by atoms with Crippen molar-refractivity contribution in [2.75, 3.05) is 12.3 Å². The Morgan fingerprint density at radius 2 is 1.74 bits per heavy atom. The molecule has 2 saturated heterocycles. The van der Waals surface area contributed by atoms with Crippen LogP contribution >= 0.6 is 15.6 Å². The maximum atomic E-state index is 12.3. The lowest BCUT2D eigenvalue weighted by atomic mass is 10.0. The van der Waals surface area contributed by atoms with Gasteiger partial charge in [-0.15, -0.1) is 0 Å². The summed E-state index contributed by atoms with van der Waals surface area (Å²) in [5.74, 6) is -0.266. The van der Waals surface area contributed by atoms with Crippen molar-refractivity contribution in [3.05, 3.63) is 16.7 Å². The SMILES string of the molecule is C[C@@H]1OC(OP(=O)(O)OP(=O)(O)OC[C@H]2O[C@@H](n3cnc4c(=O)[nH]c(N)nc43)[C@H](O)[C@@H]2O)[C@@H](O)[C@H](O)[C@@H]1O. The highest BCUT2D eigenvalue weighted by atomic mass is 31.3. The molecule has 0 radical (unpaired) electrons. The molecule has 20 nitrogen and oxygen atoms in total. The Kier molecular flexibility index (Phi) is 8.12. The number of nitrogen functional groups attached to an aromatic ring is 1. The van der Waals surface area contributed by atoms with Crippen LogP contribution in [-0.4, -0.2) is 110 Å². The topological polar surface area (TPSA) is 311 Å². The molecule has 2 aliphatic heterocycles. The number of anilines is 1. The maximum Gasteiger partial charge on any atom is 0.483 e. The van der Waals surface area contributed by atoms with Crippen molar-refractivity contribution in [3.63, 3.8) is 0 Å². The van der Waals surface area contributed by atoms with Crippen molar-refractivity contribution in [3.8, 4) is 0 Å². The average molecular weight is 589 g/mol. The Balaban J connectivity index is 1.39. The van der Waals surface area contributed by atoms with Crippen LogP contribution in [0, 0.1) is 0 Å². The molecule has 2 aliphatic rings. The van der Waals surface area contributed by atoms with Gasteiger partial charge in [0.2, 0.25) is 5.95 Å². The van der Waals surface area contributed by atoms with Crippen molar-refractivity contribution in [1.82, 2.24) is 19.5 Å². The van der Waals surface area contributed by atoms with E-state index in [4.69, 9.17) is 15.2 Å². The quantitative estimate of drug-likeness (QED) is 0.134. The van der Waals surface area contributed by atoms with Crippen LogP contribution in [0.2, 0.25) is 0 Å². The fourth-order valence-corrected chi connectivity index (χ4v) is 5.96. The van der Waals surface area contributed by atoms with E-state index in [9.17, 15) is 49.2 Å². The van der Waals surface area contributed by atoms with Crippen molar-refractivity contribution in [2.24, 2.45) is 0 Å². The van der Waals surface area contributed by atoms with Gasteiger partial charge < -0.3 is 50.5 Å². The van der Waals surface area contributed by atoms with Gasteiger partial charge in [-0.25, -0.2) is 14.1 Å². The van der Waals surface area contributed by atoms with Gasteiger partial charge in [-0.1, -0.05) is 0 Å². The van der Waals surface area contributed by atoms with E-state index >= 15 is 0 Å². The number of nitrogens with zero attached hydrogens (tertiary/aromatic N) is 3. The molecule has 0 saturated carbocycles. The Labute approximate surface area is 211 Å². The minimum absolute atomic E-state index is 0.0994. The number of aliphatic hydroxyl groups is 5. The third-order valence-corrected chi connectivity index (χ3v) is 8.32. The normalized spacial score (nSPS) is 37.2. The number of phosphoric acid groups is 2. The Hall–Kier alpha value is -1.87. The number of hydrogen-bond acceptors (Lipinski definition) is 16. The smallest absolute Gasteiger partial charge is 0.388 e. The number of aromatic nitrogens is 4. The third-order valence-electron chi connectivity index (χ3n) is 5.72. The summed E-state index contributed by atoms with van der Waals surface area (Å²) < 4.78 is 49.3. The van der Waals surface area contributed by atoms with Crippen LogP contribution in [0.1, 0.15) is 13.2 Å². The summed E-state index contributed by atoms with van der Waals surface area (Å²) in [5.41, 5.74) is 4.59. The summed E-state index contributed by atoms with van der Waals surface area (Å²) >= 11 is 0. The highest BCUT2D eigenvalue weighted by Gasteiger charge is 2.49. The molecule has 38 heavy (non-hydrogen) atoms. The first kappa shape index (κ1) is 29.1. The van der Waals surface area contributed by atoms with Gasteiger partial charge in [0, 0.05) is 0 Å². The molecule has 4 heterocycles. The van der Waals surface area contributed by atoms with Crippen molar-refractivity contribution in [1.29, 1.82) is 0 Å². The van der Waals surface area contributed by atoms with Gasteiger partial charge in [-0.05, 0) is 6.92 Å².